The first-order valence-corrected chi connectivity index (χ1v) is 11.4. The van der Waals surface area contributed by atoms with Crippen molar-refractivity contribution < 1.29 is 14.3 Å². The number of hydrogen-bond acceptors (Lipinski definition) is 5. The first-order valence-electron chi connectivity index (χ1n) is 10.5. The lowest BCUT2D eigenvalue weighted by atomic mass is 10.1. The molecule has 0 atom stereocenters. The van der Waals surface area contributed by atoms with Gasteiger partial charge < -0.3 is 15.0 Å². The van der Waals surface area contributed by atoms with Gasteiger partial charge in [0.25, 0.3) is 11.8 Å². The largest absolute Gasteiger partial charge is 0.494 e. The Kier molecular flexibility index (Phi) is 6.62. The van der Waals surface area contributed by atoms with E-state index in [9.17, 15) is 9.59 Å². The maximum Gasteiger partial charge on any atom is 0.271 e. The number of nitrogens with one attached hydrogen (secondary N) is 1. The Morgan fingerprint density at radius 1 is 1.06 bits per heavy atom. The number of hydrogen-bond donors (Lipinski definition) is 1. The summed E-state index contributed by atoms with van der Waals surface area (Å²) in [6.07, 6.45) is 2.15. The zero-order valence-electron chi connectivity index (χ0n) is 17.5. The Balaban J connectivity index is 1.33. The molecular formula is C24H25N3O3S. The van der Waals surface area contributed by atoms with Crippen LogP contribution in [0.5, 0.6) is 5.75 Å². The smallest absolute Gasteiger partial charge is 0.271 e. The van der Waals surface area contributed by atoms with Crippen LogP contribution in [0.3, 0.4) is 0 Å². The highest BCUT2D eigenvalue weighted by Crippen LogP contribution is 2.26. The van der Waals surface area contributed by atoms with Crippen LogP contribution in [0.15, 0.2) is 53.9 Å². The molecular weight excluding hydrogens is 410 g/mol. The van der Waals surface area contributed by atoms with Gasteiger partial charge in [0.2, 0.25) is 0 Å². The molecule has 1 aliphatic heterocycles. The molecule has 0 spiro atoms. The Hall–Kier alpha value is -3.19. The van der Waals surface area contributed by atoms with Crippen molar-refractivity contribution in [1.29, 1.82) is 0 Å². The molecule has 2 amide bonds. The van der Waals surface area contributed by atoms with Crippen LogP contribution in [0.1, 0.15) is 46.2 Å². The lowest BCUT2D eigenvalue weighted by molar-refractivity contribution is 0.0792. The molecule has 1 fully saturated rings. The number of likely N-dealkylation sites (tertiary alicyclic amines) is 1. The number of benzene rings is 2. The minimum atomic E-state index is -0.217. The van der Waals surface area contributed by atoms with E-state index >= 15 is 0 Å². The van der Waals surface area contributed by atoms with Gasteiger partial charge in [-0.15, -0.1) is 11.3 Å². The highest BCUT2D eigenvalue weighted by Gasteiger charge is 2.19. The van der Waals surface area contributed by atoms with E-state index in [1.54, 1.807) is 5.38 Å². The lowest BCUT2D eigenvalue weighted by Crippen LogP contribution is -2.27. The van der Waals surface area contributed by atoms with Crippen LogP contribution in [0.4, 0.5) is 0 Å². The average Bonchev–Trinajstić information content (AvgIpc) is 3.51. The van der Waals surface area contributed by atoms with Crippen molar-refractivity contribution in [2.45, 2.75) is 26.3 Å². The molecule has 1 N–H and O–H groups in total. The predicted molar refractivity (Wildman–Crippen MR) is 121 cm³/mol. The predicted octanol–water partition coefficient (Wildman–Crippen LogP) is 4.37. The topological polar surface area (TPSA) is 71.5 Å². The van der Waals surface area contributed by atoms with Crippen LogP contribution in [-0.2, 0) is 6.54 Å². The van der Waals surface area contributed by atoms with Crippen molar-refractivity contribution in [1.82, 2.24) is 15.2 Å². The number of rotatable bonds is 7. The molecule has 4 rings (SSSR count). The Morgan fingerprint density at radius 3 is 2.45 bits per heavy atom. The second-order valence-corrected chi connectivity index (χ2v) is 8.23. The van der Waals surface area contributed by atoms with Gasteiger partial charge in [0, 0.05) is 36.1 Å². The summed E-state index contributed by atoms with van der Waals surface area (Å²) in [5.74, 6) is 0.678. The van der Waals surface area contributed by atoms with E-state index < -0.39 is 0 Å². The third-order valence-corrected chi connectivity index (χ3v) is 6.09. The third kappa shape index (κ3) is 5.11. The lowest BCUT2D eigenvalue weighted by Gasteiger charge is -2.15. The number of aromatic nitrogens is 1. The van der Waals surface area contributed by atoms with E-state index in [4.69, 9.17) is 4.74 Å². The number of thiazole rings is 1. The summed E-state index contributed by atoms with van der Waals surface area (Å²) >= 11 is 1.43. The van der Waals surface area contributed by atoms with Crippen LogP contribution in [-0.4, -0.2) is 41.4 Å². The molecule has 0 aliphatic carbocycles. The van der Waals surface area contributed by atoms with Crippen molar-refractivity contribution in [3.63, 3.8) is 0 Å². The Bertz CT molecular complexity index is 1040. The summed E-state index contributed by atoms with van der Waals surface area (Å²) in [5.41, 5.74) is 2.98. The van der Waals surface area contributed by atoms with Gasteiger partial charge in [-0.05, 0) is 61.7 Å². The number of nitrogens with zero attached hydrogens (tertiary/aromatic N) is 2. The minimum Gasteiger partial charge on any atom is -0.494 e. The summed E-state index contributed by atoms with van der Waals surface area (Å²) in [6.45, 7) is 4.62. The normalized spacial score (nSPS) is 13.3. The molecule has 0 unspecified atom stereocenters. The standard InChI is InChI=1S/C24H25N3O3S/c1-2-30-20-11-9-18(10-12-20)23-26-21(16-31-23)22(28)25-15-17-5-7-19(8-6-17)24(29)27-13-3-4-14-27/h5-12,16H,2-4,13-15H2,1H3,(H,25,28). The summed E-state index contributed by atoms with van der Waals surface area (Å²) < 4.78 is 5.46. The third-order valence-electron chi connectivity index (χ3n) is 5.20. The number of carbonyl (C=O) groups is 2. The quantitative estimate of drug-likeness (QED) is 0.598. The van der Waals surface area contributed by atoms with Crippen LogP contribution >= 0.6 is 11.3 Å². The zero-order chi connectivity index (χ0) is 21.6. The van der Waals surface area contributed by atoms with Crippen LogP contribution in [0.2, 0.25) is 0 Å². The fourth-order valence-corrected chi connectivity index (χ4v) is 4.32. The maximum atomic E-state index is 12.5. The Labute approximate surface area is 185 Å². The van der Waals surface area contributed by atoms with Crippen LogP contribution in [0, 0.1) is 0 Å². The molecule has 7 heteroatoms. The van der Waals surface area contributed by atoms with Crippen molar-refractivity contribution in [3.05, 3.63) is 70.7 Å². The van der Waals surface area contributed by atoms with Crippen LogP contribution in [0.25, 0.3) is 10.6 Å². The fourth-order valence-electron chi connectivity index (χ4n) is 3.51. The average molecular weight is 436 g/mol. The van der Waals surface area contributed by atoms with E-state index in [1.807, 2.05) is 60.4 Å². The SMILES string of the molecule is CCOc1ccc(-c2nc(C(=O)NCc3ccc(C(=O)N4CCCC4)cc3)cs2)cc1. The molecule has 0 radical (unpaired) electrons. The second-order valence-electron chi connectivity index (χ2n) is 7.37. The van der Waals surface area contributed by atoms with Gasteiger partial charge in [0.15, 0.2) is 0 Å². The van der Waals surface area contributed by atoms with Gasteiger partial charge in [-0.1, -0.05) is 12.1 Å². The molecule has 0 saturated carbocycles. The molecule has 2 aromatic carbocycles. The second kappa shape index (κ2) is 9.75. The van der Waals surface area contributed by atoms with E-state index in [0.29, 0.717) is 24.4 Å². The molecule has 1 saturated heterocycles. The van der Waals surface area contributed by atoms with Crippen LogP contribution < -0.4 is 10.1 Å². The molecule has 3 aromatic rings. The molecule has 160 valence electrons. The molecule has 6 nitrogen and oxygen atoms in total. The monoisotopic (exact) mass is 435 g/mol. The van der Waals surface area contributed by atoms with Crippen molar-refractivity contribution in [2.24, 2.45) is 0 Å². The van der Waals surface area contributed by atoms with Gasteiger partial charge in [-0.2, -0.15) is 0 Å². The zero-order valence-corrected chi connectivity index (χ0v) is 18.3. The van der Waals surface area contributed by atoms with Gasteiger partial charge in [0.1, 0.15) is 16.5 Å². The summed E-state index contributed by atoms with van der Waals surface area (Å²) in [6, 6.07) is 15.1. The number of ether oxygens (including phenoxy) is 1. The summed E-state index contributed by atoms with van der Waals surface area (Å²) in [4.78, 5) is 31.3. The van der Waals surface area contributed by atoms with Crippen molar-refractivity contribution in [2.75, 3.05) is 19.7 Å². The molecule has 2 heterocycles. The molecule has 31 heavy (non-hydrogen) atoms. The van der Waals surface area contributed by atoms with E-state index in [-0.39, 0.29) is 11.8 Å². The minimum absolute atomic E-state index is 0.0809. The maximum absolute atomic E-state index is 12.5. The highest BCUT2D eigenvalue weighted by atomic mass is 32.1. The van der Waals surface area contributed by atoms with Gasteiger partial charge in [-0.3, -0.25) is 9.59 Å². The van der Waals surface area contributed by atoms with E-state index in [0.717, 1.165) is 47.8 Å². The Morgan fingerprint density at radius 2 is 1.77 bits per heavy atom. The first-order chi connectivity index (χ1) is 15.1. The summed E-state index contributed by atoms with van der Waals surface area (Å²) in [7, 11) is 0. The molecule has 1 aliphatic rings. The number of carbonyl (C=O) groups excluding carboxylic acids is 2. The van der Waals surface area contributed by atoms with Gasteiger partial charge in [0.05, 0.1) is 6.61 Å². The fraction of sp³-hybridized carbons (Fsp3) is 0.292. The highest BCUT2D eigenvalue weighted by molar-refractivity contribution is 7.13. The van der Waals surface area contributed by atoms with Gasteiger partial charge in [-0.25, -0.2) is 4.98 Å². The number of amides is 2. The summed E-state index contributed by atoms with van der Waals surface area (Å²) in [5, 5.41) is 5.45. The van der Waals surface area contributed by atoms with Gasteiger partial charge >= 0.3 is 0 Å². The van der Waals surface area contributed by atoms with Crippen molar-refractivity contribution >= 4 is 23.2 Å². The van der Waals surface area contributed by atoms with E-state index in [2.05, 4.69) is 10.3 Å². The van der Waals surface area contributed by atoms with Crippen molar-refractivity contribution in [3.8, 4) is 16.3 Å². The molecule has 0 bridgehead atoms. The van der Waals surface area contributed by atoms with E-state index in [1.165, 1.54) is 11.3 Å². The molecule has 1 aromatic heterocycles. The first kappa shape index (κ1) is 21.1.